The SMILES string of the molecule is COc1ccc(OCC(C)NC(=O)Cc2c(C)nc3[nH]nc(C)n3c2=O)cc1. The molecule has 3 aromatic rings. The molecular weight excluding hydrogens is 362 g/mol. The van der Waals surface area contributed by atoms with Crippen molar-refractivity contribution in [2.24, 2.45) is 0 Å². The maximum Gasteiger partial charge on any atom is 0.264 e. The van der Waals surface area contributed by atoms with Gasteiger partial charge >= 0.3 is 0 Å². The van der Waals surface area contributed by atoms with Crippen molar-refractivity contribution in [1.82, 2.24) is 24.9 Å². The maximum absolute atomic E-state index is 12.7. The maximum atomic E-state index is 12.7. The number of carbonyl (C=O) groups is 1. The van der Waals surface area contributed by atoms with Gasteiger partial charge in [-0.2, -0.15) is 5.10 Å². The van der Waals surface area contributed by atoms with Gasteiger partial charge < -0.3 is 14.8 Å². The van der Waals surface area contributed by atoms with Crippen molar-refractivity contribution in [3.63, 3.8) is 0 Å². The van der Waals surface area contributed by atoms with Gasteiger partial charge in [-0.3, -0.25) is 9.59 Å². The summed E-state index contributed by atoms with van der Waals surface area (Å²) < 4.78 is 12.1. The molecule has 2 aromatic heterocycles. The van der Waals surface area contributed by atoms with Gasteiger partial charge in [-0.05, 0) is 45.0 Å². The zero-order chi connectivity index (χ0) is 20.3. The Labute approximate surface area is 161 Å². The van der Waals surface area contributed by atoms with E-state index >= 15 is 0 Å². The number of rotatable bonds is 7. The zero-order valence-corrected chi connectivity index (χ0v) is 16.3. The molecule has 0 saturated carbocycles. The summed E-state index contributed by atoms with van der Waals surface area (Å²) in [5.41, 5.74) is 0.569. The lowest BCUT2D eigenvalue weighted by Gasteiger charge is -2.15. The third-order valence-corrected chi connectivity index (χ3v) is 4.33. The Kier molecular flexibility index (Phi) is 5.62. The largest absolute Gasteiger partial charge is 0.497 e. The summed E-state index contributed by atoms with van der Waals surface area (Å²) in [6, 6.07) is 6.97. The quantitative estimate of drug-likeness (QED) is 0.632. The fraction of sp³-hybridized carbons (Fsp3) is 0.368. The van der Waals surface area contributed by atoms with Gasteiger partial charge in [-0.15, -0.1) is 0 Å². The lowest BCUT2D eigenvalue weighted by molar-refractivity contribution is -0.121. The van der Waals surface area contributed by atoms with Gasteiger partial charge in [0.1, 0.15) is 23.9 Å². The Morgan fingerprint density at radius 3 is 2.61 bits per heavy atom. The smallest absolute Gasteiger partial charge is 0.264 e. The molecule has 0 saturated heterocycles. The lowest BCUT2D eigenvalue weighted by atomic mass is 10.1. The van der Waals surface area contributed by atoms with E-state index in [4.69, 9.17) is 9.47 Å². The van der Waals surface area contributed by atoms with Crippen LogP contribution in [-0.2, 0) is 11.2 Å². The number of aryl methyl sites for hydroxylation is 2. The summed E-state index contributed by atoms with van der Waals surface area (Å²) in [7, 11) is 1.60. The van der Waals surface area contributed by atoms with Crippen molar-refractivity contribution in [3.8, 4) is 11.5 Å². The molecule has 0 fully saturated rings. The van der Waals surface area contributed by atoms with Crippen LogP contribution in [0.4, 0.5) is 0 Å². The number of aromatic amines is 1. The first-order valence-corrected chi connectivity index (χ1v) is 8.88. The molecule has 3 rings (SSSR count). The zero-order valence-electron chi connectivity index (χ0n) is 16.3. The minimum Gasteiger partial charge on any atom is -0.497 e. The molecule has 1 unspecified atom stereocenters. The van der Waals surface area contributed by atoms with Gasteiger partial charge in [0.2, 0.25) is 11.7 Å². The minimum atomic E-state index is -0.286. The molecule has 2 heterocycles. The number of amides is 1. The van der Waals surface area contributed by atoms with Gasteiger partial charge in [-0.25, -0.2) is 14.5 Å². The van der Waals surface area contributed by atoms with E-state index in [1.807, 2.05) is 6.92 Å². The fourth-order valence-electron chi connectivity index (χ4n) is 2.84. The third kappa shape index (κ3) is 4.13. The summed E-state index contributed by atoms with van der Waals surface area (Å²) in [6.07, 6.45) is -0.0574. The molecule has 0 spiro atoms. The van der Waals surface area contributed by atoms with Crippen molar-refractivity contribution in [2.45, 2.75) is 33.2 Å². The molecule has 28 heavy (non-hydrogen) atoms. The molecule has 9 nitrogen and oxygen atoms in total. The summed E-state index contributed by atoms with van der Waals surface area (Å²) in [4.78, 5) is 29.4. The van der Waals surface area contributed by atoms with Crippen molar-refractivity contribution in [1.29, 1.82) is 0 Å². The van der Waals surface area contributed by atoms with Crippen molar-refractivity contribution in [2.75, 3.05) is 13.7 Å². The number of nitrogens with zero attached hydrogens (tertiary/aromatic N) is 3. The molecular formula is C19H23N5O4. The Morgan fingerprint density at radius 2 is 1.93 bits per heavy atom. The third-order valence-electron chi connectivity index (χ3n) is 4.33. The number of benzene rings is 1. The van der Waals surface area contributed by atoms with Gasteiger partial charge in [-0.1, -0.05) is 0 Å². The van der Waals surface area contributed by atoms with Crippen LogP contribution in [0, 0.1) is 13.8 Å². The first kappa shape index (κ1) is 19.4. The number of nitrogens with one attached hydrogen (secondary N) is 2. The van der Waals surface area contributed by atoms with Crippen LogP contribution in [0.2, 0.25) is 0 Å². The predicted molar refractivity (Wildman–Crippen MR) is 103 cm³/mol. The number of hydrogen-bond donors (Lipinski definition) is 2. The Bertz CT molecular complexity index is 1040. The predicted octanol–water partition coefficient (Wildman–Crippen LogP) is 1.17. The monoisotopic (exact) mass is 385 g/mol. The van der Waals surface area contributed by atoms with Gasteiger partial charge in [0.05, 0.1) is 25.3 Å². The number of carbonyl (C=O) groups excluding carboxylic acids is 1. The summed E-state index contributed by atoms with van der Waals surface area (Å²) in [5, 5.41) is 9.52. The Hall–Kier alpha value is -3.36. The van der Waals surface area contributed by atoms with Gasteiger partial charge in [0.25, 0.3) is 5.56 Å². The normalized spacial score (nSPS) is 12.0. The second-order valence-electron chi connectivity index (χ2n) is 6.54. The van der Waals surface area contributed by atoms with Crippen molar-refractivity contribution in [3.05, 3.63) is 51.7 Å². The van der Waals surface area contributed by atoms with Crippen LogP contribution in [0.1, 0.15) is 24.0 Å². The molecule has 9 heteroatoms. The first-order chi connectivity index (χ1) is 13.4. The highest BCUT2D eigenvalue weighted by Crippen LogP contribution is 2.17. The molecule has 2 N–H and O–H groups in total. The van der Waals surface area contributed by atoms with Crippen LogP contribution in [-0.4, -0.2) is 45.2 Å². The Morgan fingerprint density at radius 1 is 1.25 bits per heavy atom. The minimum absolute atomic E-state index is 0.0574. The fourth-order valence-corrected chi connectivity index (χ4v) is 2.84. The topological polar surface area (TPSA) is 111 Å². The number of methoxy groups -OCH3 is 1. The van der Waals surface area contributed by atoms with Crippen LogP contribution in [0.15, 0.2) is 29.1 Å². The first-order valence-electron chi connectivity index (χ1n) is 8.88. The van der Waals surface area contributed by atoms with E-state index in [1.165, 1.54) is 4.40 Å². The van der Waals surface area contributed by atoms with E-state index in [1.54, 1.807) is 45.2 Å². The second kappa shape index (κ2) is 8.12. The molecule has 0 aliphatic rings. The van der Waals surface area contributed by atoms with Gasteiger partial charge in [0.15, 0.2) is 0 Å². The average Bonchev–Trinajstić information content (AvgIpc) is 3.04. The Balaban J connectivity index is 1.61. The molecule has 148 valence electrons. The van der Waals surface area contributed by atoms with E-state index < -0.39 is 0 Å². The molecule has 1 atom stereocenters. The molecule has 1 amide bonds. The number of ether oxygens (including phenoxy) is 2. The van der Waals surface area contributed by atoms with E-state index in [-0.39, 0.29) is 23.9 Å². The van der Waals surface area contributed by atoms with E-state index in [0.29, 0.717) is 35.2 Å². The standard InChI is InChI=1S/C19H23N5O4/c1-11(10-28-15-7-5-14(27-4)6-8-15)20-17(25)9-16-12(2)21-19-23-22-13(3)24(19)18(16)26/h5-8,11H,9-10H2,1-4H3,(H,20,25)(H,21,23). The lowest BCUT2D eigenvalue weighted by Crippen LogP contribution is -2.39. The van der Waals surface area contributed by atoms with Crippen LogP contribution in [0.3, 0.4) is 0 Å². The van der Waals surface area contributed by atoms with Gasteiger partial charge in [0, 0.05) is 5.56 Å². The van der Waals surface area contributed by atoms with Crippen LogP contribution < -0.4 is 20.3 Å². The molecule has 0 bridgehead atoms. The van der Waals surface area contributed by atoms with Crippen LogP contribution in [0.25, 0.3) is 5.78 Å². The van der Waals surface area contributed by atoms with E-state index in [9.17, 15) is 9.59 Å². The van der Waals surface area contributed by atoms with E-state index in [2.05, 4.69) is 20.5 Å². The van der Waals surface area contributed by atoms with Crippen molar-refractivity contribution < 1.29 is 14.3 Å². The van der Waals surface area contributed by atoms with E-state index in [0.717, 1.165) is 5.75 Å². The molecule has 0 aliphatic heterocycles. The summed E-state index contributed by atoms with van der Waals surface area (Å²) >= 11 is 0. The molecule has 1 aromatic carbocycles. The number of H-pyrrole nitrogens is 1. The molecule has 0 aliphatic carbocycles. The average molecular weight is 385 g/mol. The molecule has 0 radical (unpaired) electrons. The highest BCUT2D eigenvalue weighted by Gasteiger charge is 2.17. The van der Waals surface area contributed by atoms with Crippen LogP contribution >= 0.6 is 0 Å². The number of fused-ring (bicyclic) bond motifs is 1. The van der Waals surface area contributed by atoms with Crippen LogP contribution in [0.5, 0.6) is 11.5 Å². The second-order valence-corrected chi connectivity index (χ2v) is 6.54. The van der Waals surface area contributed by atoms with Crippen molar-refractivity contribution >= 4 is 11.7 Å². The summed E-state index contributed by atoms with van der Waals surface area (Å²) in [6.45, 7) is 5.54. The number of hydrogen-bond acceptors (Lipinski definition) is 6. The highest BCUT2D eigenvalue weighted by atomic mass is 16.5. The summed E-state index contributed by atoms with van der Waals surface area (Å²) in [5.74, 6) is 2.02. The number of aromatic nitrogens is 4. The highest BCUT2D eigenvalue weighted by molar-refractivity contribution is 5.79.